The Hall–Kier alpha value is -3.41. The monoisotopic (exact) mass is 524 g/mol. The van der Waals surface area contributed by atoms with Crippen molar-refractivity contribution >= 4 is 63.0 Å². The molecule has 3 aromatic rings. The highest BCUT2D eigenvalue weighted by Crippen LogP contribution is 2.34. The molecule has 4 amide bonds. The van der Waals surface area contributed by atoms with E-state index in [0.717, 1.165) is 38.0 Å². The number of imide groups is 1. The van der Waals surface area contributed by atoms with E-state index in [0.29, 0.717) is 32.8 Å². The molecule has 0 spiro atoms. The number of fused-ring (bicyclic) bond motifs is 1. The van der Waals surface area contributed by atoms with Gasteiger partial charge in [-0.3, -0.25) is 24.1 Å². The van der Waals surface area contributed by atoms with Gasteiger partial charge >= 0.3 is 0 Å². The molecule has 4 heterocycles. The number of rotatable bonds is 7. The summed E-state index contributed by atoms with van der Waals surface area (Å²) in [6.45, 7) is 2.10. The standard InChI is InChI=1S/C25H24N4O5S2/c30-22(26-13-18-4-3-11-35-18)15-28-14-17(19-5-1-2-6-20(19)28)12-21-24(32)29(25(33)36-21)16-23(31)27-7-9-34-10-8-27/h1-6,11-12,14H,7-10,13,15-16H2,(H,26,30)/b21-12-. The Morgan fingerprint density at radius 2 is 1.86 bits per heavy atom. The molecule has 9 nitrogen and oxygen atoms in total. The molecule has 0 saturated carbocycles. The van der Waals surface area contributed by atoms with Crippen LogP contribution in [-0.4, -0.2) is 70.2 Å². The topological polar surface area (TPSA) is 101 Å². The first-order valence-corrected chi connectivity index (χ1v) is 13.2. The van der Waals surface area contributed by atoms with Crippen LogP contribution in [0.15, 0.2) is 52.9 Å². The van der Waals surface area contributed by atoms with Gasteiger partial charge in [0.1, 0.15) is 13.1 Å². The van der Waals surface area contributed by atoms with Crippen LogP contribution in [0.25, 0.3) is 17.0 Å². The number of carbonyl (C=O) groups is 4. The predicted octanol–water partition coefficient (Wildman–Crippen LogP) is 2.91. The third-order valence-electron chi connectivity index (χ3n) is 5.99. The number of hydrogen-bond acceptors (Lipinski definition) is 7. The molecule has 0 unspecified atom stereocenters. The van der Waals surface area contributed by atoms with Gasteiger partial charge in [-0.2, -0.15) is 0 Å². The van der Waals surface area contributed by atoms with E-state index in [1.807, 2.05) is 52.5 Å². The fourth-order valence-electron chi connectivity index (χ4n) is 4.16. The quantitative estimate of drug-likeness (QED) is 0.477. The first-order chi connectivity index (χ1) is 17.5. The van der Waals surface area contributed by atoms with Crippen LogP contribution in [-0.2, 0) is 32.2 Å². The Balaban J connectivity index is 1.32. The number of morpholine rings is 1. The summed E-state index contributed by atoms with van der Waals surface area (Å²) in [7, 11) is 0. The lowest BCUT2D eigenvalue weighted by molar-refractivity contribution is -0.139. The minimum absolute atomic E-state index is 0.120. The molecule has 0 radical (unpaired) electrons. The minimum Gasteiger partial charge on any atom is -0.378 e. The van der Waals surface area contributed by atoms with Crippen LogP contribution >= 0.6 is 23.1 Å². The average Bonchev–Trinajstić information content (AvgIpc) is 3.60. The van der Waals surface area contributed by atoms with Crippen molar-refractivity contribution in [3.8, 4) is 0 Å². The highest BCUT2D eigenvalue weighted by Gasteiger charge is 2.37. The van der Waals surface area contributed by atoms with Crippen molar-refractivity contribution in [1.29, 1.82) is 0 Å². The fraction of sp³-hybridized carbons (Fsp3) is 0.280. The lowest BCUT2D eigenvalue weighted by Crippen LogP contribution is -2.46. The molecule has 2 aliphatic heterocycles. The Morgan fingerprint density at radius 3 is 2.64 bits per heavy atom. The zero-order valence-electron chi connectivity index (χ0n) is 19.3. The number of aromatic nitrogens is 1. The number of thiophene rings is 1. The summed E-state index contributed by atoms with van der Waals surface area (Å²) in [5.74, 6) is -0.887. The highest BCUT2D eigenvalue weighted by molar-refractivity contribution is 8.18. The summed E-state index contributed by atoms with van der Waals surface area (Å²) in [5.41, 5.74) is 1.57. The van der Waals surface area contributed by atoms with E-state index in [-0.39, 0.29) is 29.8 Å². The SMILES string of the molecule is O=C(Cn1cc(/C=C2\SC(=O)N(CC(=O)N3CCOCC3)C2=O)c2ccccc21)NCc1cccs1. The molecule has 2 fully saturated rings. The number of nitrogens with zero attached hydrogens (tertiary/aromatic N) is 3. The van der Waals surface area contributed by atoms with Crippen molar-refractivity contribution in [3.05, 3.63) is 63.3 Å². The second kappa shape index (κ2) is 10.7. The second-order valence-electron chi connectivity index (χ2n) is 8.35. The van der Waals surface area contributed by atoms with Crippen molar-refractivity contribution < 1.29 is 23.9 Å². The van der Waals surface area contributed by atoms with Crippen LogP contribution in [0, 0.1) is 0 Å². The van der Waals surface area contributed by atoms with Crippen molar-refractivity contribution in [3.63, 3.8) is 0 Å². The summed E-state index contributed by atoms with van der Waals surface area (Å²) < 4.78 is 7.09. The Morgan fingerprint density at radius 1 is 1.06 bits per heavy atom. The maximum Gasteiger partial charge on any atom is 0.294 e. The summed E-state index contributed by atoms with van der Waals surface area (Å²) in [6, 6.07) is 11.5. The van der Waals surface area contributed by atoms with Gasteiger partial charge in [-0.1, -0.05) is 24.3 Å². The summed E-state index contributed by atoms with van der Waals surface area (Å²) in [6.07, 6.45) is 3.47. The van der Waals surface area contributed by atoms with Gasteiger partial charge in [-0.05, 0) is 35.4 Å². The average molecular weight is 525 g/mol. The molecule has 11 heteroatoms. The van der Waals surface area contributed by atoms with E-state index < -0.39 is 11.1 Å². The number of thioether (sulfide) groups is 1. The number of amides is 4. The molecule has 186 valence electrons. The van der Waals surface area contributed by atoms with Crippen LogP contribution in [0.3, 0.4) is 0 Å². The van der Waals surface area contributed by atoms with E-state index in [9.17, 15) is 19.2 Å². The van der Waals surface area contributed by atoms with Crippen LogP contribution in [0.5, 0.6) is 0 Å². The van der Waals surface area contributed by atoms with Crippen molar-refractivity contribution in [2.45, 2.75) is 13.1 Å². The van der Waals surface area contributed by atoms with Crippen molar-refractivity contribution in [1.82, 2.24) is 19.7 Å². The van der Waals surface area contributed by atoms with E-state index in [1.54, 1.807) is 22.3 Å². The molecule has 1 N–H and O–H groups in total. The summed E-state index contributed by atoms with van der Waals surface area (Å²) >= 11 is 2.40. The van der Waals surface area contributed by atoms with Gasteiger partial charge in [0.05, 0.1) is 24.7 Å². The van der Waals surface area contributed by atoms with Gasteiger partial charge < -0.3 is 19.5 Å². The number of para-hydroxylation sites is 1. The second-order valence-corrected chi connectivity index (χ2v) is 10.4. The molecule has 0 atom stereocenters. The lowest BCUT2D eigenvalue weighted by Gasteiger charge is -2.28. The van der Waals surface area contributed by atoms with Crippen LogP contribution < -0.4 is 5.32 Å². The molecular formula is C25H24N4O5S2. The van der Waals surface area contributed by atoms with Gasteiger partial charge in [0.25, 0.3) is 11.1 Å². The number of carbonyl (C=O) groups excluding carboxylic acids is 4. The van der Waals surface area contributed by atoms with E-state index in [2.05, 4.69) is 5.32 Å². The Labute approximate surface area is 215 Å². The number of benzene rings is 1. The van der Waals surface area contributed by atoms with Gasteiger partial charge in [0.2, 0.25) is 11.8 Å². The van der Waals surface area contributed by atoms with Crippen molar-refractivity contribution in [2.24, 2.45) is 0 Å². The lowest BCUT2D eigenvalue weighted by atomic mass is 10.1. The summed E-state index contributed by atoms with van der Waals surface area (Å²) in [5, 5.41) is 5.29. The van der Waals surface area contributed by atoms with Gasteiger partial charge in [0, 0.05) is 40.6 Å². The summed E-state index contributed by atoms with van der Waals surface area (Å²) in [4.78, 5) is 54.6. The highest BCUT2D eigenvalue weighted by atomic mass is 32.2. The normalized spacial score (nSPS) is 17.4. The fourth-order valence-corrected chi connectivity index (χ4v) is 5.63. The zero-order chi connectivity index (χ0) is 25.1. The predicted molar refractivity (Wildman–Crippen MR) is 138 cm³/mol. The molecule has 2 aromatic heterocycles. The largest absolute Gasteiger partial charge is 0.378 e. The first kappa shape index (κ1) is 24.3. The maximum atomic E-state index is 13.0. The molecule has 36 heavy (non-hydrogen) atoms. The zero-order valence-corrected chi connectivity index (χ0v) is 21.0. The molecule has 5 rings (SSSR count). The van der Waals surface area contributed by atoms with E-state index in [1.165, 1.54) is 0 Å². The minimum atomic E-state index is -0.489. The number of hydrogen-bond donors (Lipinski definition) is 1. The molecule has 0 aliphatic carbocycles. The third-order valence-corrected chi connectivity index (χ3v) is 7.77. The van der Waals surface area contributed by atoms with E-state index >= 15 is 0 Å². The smallest absolute Gasteiger partial charge is 0.294 e. The number of ether oxygens (including phenoxy) is 1. The first-order valence-electron chi connectivity index (χ1n) is 11.5. The van der Waals surface area contributed by atoms with Gasteiger partial charge in [-0.25, -0.2) is 0 Å². The third kappa shape index (κ3) is 5.23. The van der Waals surface area contributed by atoms with Crippen LogP contribution in [0.4, 0.5) is 4.79 Å². The Bertz CT molecular complexity index is 1340. The molecule has 2 aliphatic rings. The molecule has 2 saturated heterocycles. The molecule has 1 aromatic carbocycles. The molecular weight excluding hydrogens is 500 g/mol. The van der Waals surface area contributed by atoms with Gasteiger partial charge in [0.15, 0.2) is 0 Å². The molecule has 0 bridgehead atoms. The van der Waals surface area contributed by atoms with Crippen LogP contribution in [0.1, 0.15) is 10.4 Å². The maximum absolute atomic E-state index is 13.0. The Kier molecular flexibility index (Phi) is 7.21. The van der Waals surface area contributed by atoms with Gasteiger partial charge in [-0.15, -0.1) is 11.3 Å². The van der Waals surface area contributed by atoms with E-state index in [4.69, 9.17) is 4.74 Å². The van der Waals surface area contributed by atoms with Crippen LogP contribution in [0.2, 0.25) is 0 Å². The van der Waals surface area contributed by atoms with Crippen molar-refractivity contribution in [2.75, 3.05) is 32.8 Å². The number of nitrogens with one attached hydrogen (secondary N) is 1.